The largest absolute Gasteiger partial charge is 0.492 e. The van der Waals surface area contributed by atoms with Crippen molar-refractivity contribution in [1.82, 2.24) is 19.8 Å². The Bertz CT molecular complexity index is 958. The van der Waals surface area contributed by atoms with E-state index in [1.165, 1.54) is 32.3 Å². The highest BCUT2D eigenvalue weighted by Gasteiger charge is 2.24. The molecule has 2 aromatic rings. The summed E-state index contributed by atoms with van der Waals surface area (Å²) in [4.78, 5) is 12.8. The Morgan fingerprint density at radius 2 is 2.11 bits per heavy atom. The van der Waals surface area contributed by atoms with E-state index in [4.69, 9.17) is 4.74 Å². The molecule has 1 aliphatic heterocycles. The molecule has 154 valence electrons. The third kappa shape index (κ3) is 4.30. The molecular formula is C17H24ClN5O4S. The number of halogens is 1. The summed E-state index contributed by atoms with van der Waals surface area (Å²) in [6.45, 7) is 3.58. The van der Waals surface area contributed by atoms with Crippen molar-refractivity contribution in [3.63, 3.8) is 0 Å². The van der Waals surface area contributed by atoms with Gasteiger partial charge in [0.1, 0.15) is 5.75 Å². The minimum atomic E-state index is -3.64. The fourth-order valence-corrected chi connectivity index (χ4v) is 3.78. The van der Waals surface area contributed by atoms with Gasteiger partial charge in [0, 0.05) is 44.9 Å². The third-order valence-corrected chi connectivity index (χ3v) is 6.11. The molecule has 0 saturated heterocycles. The summed E-state index contributed by atoms with van der Waals surface area (Å²) < 4.78 is 31.5. The van der Waals surface area contributed by atoms with E-state index in [0.29, 0.717) is 24.6 Å². The van der Waals surface area contributed by atoms with E-state index in [1.54, 1.807) is 0 Å². The van der Waals surface area contributed by atoms with Gasteiger partial charge < -0.3 is 15.4 Å². The van der Waals surface area contributed by atoms with Gasteiger partial charge in [-0.15, -0.1) is 12.4 Å². The van der Waals surface area contributed by atoms with Gasteiger partial charge >= 0.3 is 0 Å². The van der Waals surface area contributed by atoms with Crippen LogP contribution in [0.2, 0.25) is 0 Å². The number of aromatic amines is 1. The number of hydrogen-bond acceptors (Lipinski definition) is 6. The lowest BCUT2D eigenvalue weighted by Gasteiger charge is -2.16. The van der Waals surface area contributed by atoms with Crippen LogP contribution < -0.4 is 15.4 Å². The molecule has 0 radical (unpaired) electrons. The standard InChI is InChI=1S/C17H23N5O4S.ClH/c1-4-26-15-6-5-11(27(24,25)22(2)3)9-14(15)19-17(23)16-12-10-18-8-7-13(12)20-21-16;/h5-6,9,18H,4,7-8,10H2,1-3H3,(H,19,23)(H,20,21);1H. The van der Waals surface area contributed by atoms with Gasteiger partial charge in [-0.1, -0.05) is 0 Å². The Labute approximate surface area is 170 Å². The quantitative estimate of drug-likeness (QED) is 0.638. The van der Waals surface area contributed by atoms with Crippen LogP contribution in [-0.4, -0.2) is 56.1 Å². The van der Waals surface area contributed by atoms with Gasteiger partial charge in [0.2, 0.25) is 10.0 Å². The predicted octanol–water partition coefficient (Wildman–Crippen LogP) is 1.38. The van der Waals surface area contributed by atoms with Crippen molar-refractivity contribution >= 4 is 34.0 Å². The number of rotatable bonds is 6. The highest BCUT2D eigenvalue weighted by Crippen LogP contribution is 2.29. The van der Waals surface area contributed by atoms with E-state index in [2.05, 4.69) is 20.8 Å². The van der Waals surface area contributed by atoms with Crippen LogP contribution in [0.15, 0.2) is 23.1 Å². The number of ether oxygens (including phenoxy) is 1. The van der Waals surface area contributed by atoms with Crippen LogP contribution in [-0.2, 0) is 23.0 Å². The fraction of sp³-hybridized carbons (Fsp3) is 0.412. The van der Waals surface area contributed by atoms with E-state index in [-0.39, 0.29) is 23.0 Å². The zero-order valence-electron chi connectivity index (χ0n) is 15.9. The first kappa shape index (κ1) is 22.2. The Balaban J connectivity index is 0.00000280. The normalized spacial score (nSPS) is 13.6. The van der Waals surface area contributed by atoms with Gasteiger partial charge in [0.05, 0.1) is 17.2 Å². The number of hydrogen-bond donors (Lipinski definition) is 3. The molecular weight excluding hydrogens is 406 g/mol. The van der Waals surface area contributed by atoms with Crippen molar-refractivity contribution in [1.29, 1.82) is 0 Å². The van der Waals surface area contributed by atoms with Gasteiger partial charge in [-0.25, -0.2) is 12.7 Å². The third-order valence-electron chi connectivity index (χ3n) is 4.30. The molecule has 1 amide bonds. The summed E-state index contributed by atoms with van der Waals surface area (Å²) in [6, 6.07) is 4.39. The monoisotopic (exact) mass is 429 g/mol. The molecule has 0 fully saturated rings. The first-order valence-corrected chi connectivity index (χ1v) is 10.1. The SMILES string of the molecule is CCOc1ccc(S(=O)(=O)N(C)C)cc1NC(=O)c1n[nH]c2c1CNCC2.Cl. The second-order valence-corrected chi connectivity index (χ2v) is 8.44. The summed E-state index contributed by atoms with van der Waals surface area (Å²) in [7, 11) is -0.738. The van der Waals surface area contributed by atoms with Crippen molar-refractivity contribution in [2.75, 3.05) is 32.6 Å². The zero-order valence-corrected chi connectivity index (χ0v) is 17.5. The maximum Gasteiger partial charge on any atom is 0.276 e. The maximum atomic E-state index is 12.8. The van der Waals surface area contributed by atoms with Crippen molar-refractivity contribution < 1.29 is 17.9 Å². The summed E-state index contributed by atoms with van der Waals surface area (Å²) in [6.07, 6.45) is 0.774. The molecule has 3 N–H and O–H groups in total. The number of carbonyl (C=O) groups is 1. The Kier molecular flexibility index (Phi) is 7.05. The molecule has 9 nitrogen and oxygen atoms in total. The number of sulfonamides is 1. The van der Waals surface area contributed by atoms with E-state index in [1.807, 2.05) is 6.92 Å². The molecule has 3 rings (SSSR count). The van der Waals surface area contributed by atoms with Crippen molar-refractivity contribution in [3.8, 4) is 5.75 Å². The number of benzene rings is 1. The van der Waals surface area contributed by atoms with E-state index in [9.17, 15) is 13.2 Å². The highest BCUT2D eigenvalue weighted by atomic mass is 35.5. The predicted molar refractivity (Wildman–Crippen MR) is 108 cm³/mol. The molecule has 2 heterocycles. The molecule has 1 aliphatic rings. The number of aromatic nitrogens is 2. The zero-order chi connectivity index (χ0) is 19.6. The van der Waals surface area contributed by atoms with E-state index >= 15 is 0 Å². The van der Waals surface area contributed by atoms with Crippen LogP contribution in [0.25, 0.3) is 0 Å². The van der Waals surface area contributed by atoms with Crippen LogP contribution in [0.5, 0.6) is 5.75 Å². The topological polar surface area (TPSA) is 116 Å². The van der Waals surface area contributed by atoms with Crippen LogP contribution in [0.4, 0.5) is 5.69 Å². The van der Waals surface area contributed by atoms with E-state index < -0.39 is 15.9 Å². The van der Waals surface area contributed by atoms with Gasteiger partial charge in [-0.3, -0.25) is 9.89 Å². The summed E-state index contributed by atoms with van der Waals surface area (Å²) in [5, 5.41) is 13.0. The lowest BCUT2D eigenvalue weighted by atomic mass is 10.1. The molecule has 0 spiro atoms. The molecule has 28 heavy (non-hydrogen) atoms. The molecule has 1 aromatic heterocycles. The van der Waals surface area contributed by atoms with Gasteiger partial charge in [-0.05, 0) is 25.1 Å². The Hall–Kier alpha value is -2.14. The van der Waals surface area contributed by atoms with Crippen molar-refractivity contribution in [2.24, 2.45) is 0 Å². The van der Waals surface area contributed by atoms with Crippen LogP contribution in [0, 0.1) is 0 Å². The van der Waals surface area contributed by atoms with Crippen molar-refractivity contribution in [3.05, 3.63) is 35.2 Å². The van der Waals surface area contributed by atoms with E-state index in [0.717, 1.165) is 28.5 Å². The molecule has 0 atom stereocenters. The average Bonchev–Trinajstić information content (AvgIpc) is 3.07. The molecule has 11 heteroatoms. The second-order valence-electron chi connectivity index (χ2n) is 6.29. The number of carbonyl (C=O) groups excluding carboxylic acids is 1. The fourth-order valence-electron chi connectivity index (χ4n) is 2.85. The van der Waals surface area contributed by atoms with Crippen molar-refractivity contribution in [2.45, 2.75) is 24.8 Å². The van der Waals surface area contributed by atoms with Crippen LogP contribution in [0.1, 0.15) is 28.7 Å². The lowest BCUT2D eigenvalue weighted by molar-refractivity contribution is 0.102. The second kappa shape index (κ2) is 8.91. The maximum absolute atomic E-state index is 12.8. The molecule has 1 aromatic carbocycles. The van der Waals surface area contributed by atoms with Gasteiger partial charge in [0.15, 0.2) is 5.69 Å². The summed E-state index contributed by atoms with van der Waals surface area (Å²) in [5.74, 6) is -0.0253. The minimum Gasteiger partial charge on any atom is -0.492 e. The first-order chi connectivity index (χ1) is 12.8. The lowest BCUT2D eigenvalue weighted by Crippen LogP contribution is -2.25. The van der Waals surface area contributed by atoms with Gasteiger partial charge in [-0.2, -0.15) is 5.10 Å². The Morgan fingerprint density at radius 3 is 2.79 bits per heavy atom. The first-order valence-electron chi connectivity index (χ1n) is 8.62. The Morgan fingerprint density at radius 1 is 1.36 bits per heavy atom. The molecule has 0 aliphatic carbocycles. The number of nitrogens with zero attached hydrogens (tertiary/aromatic N) is 2. The summed E-state index contributed by atoms with van der Waals surface area (Å²) in [5.41, 5.74) is 2.34. The average molecular weight is 430 g/mol. The number of H-pyrrole nitrogens is 1. The highest BCUT2D eigenvalue weighted by molar-refractivity contribution is 7.89. The van der Waals surface area contributed by atoms with Crippen LogP contribution in [0.3, 0.4) is 0 Å². The molecule has 0 unspecified atom stereocenters. The van der Waals surface area contributed by atoms with Gasteiger partial charge in [0.25, 0.3) is 5.91 Å². The number of nitrogens with one attached hydrogen (secondary N) is 3. The summed E-state index contributed by atoms with van der Waals surface area (Å²) >= 11 is 0. The number of anilines is 1. The minimum absolute atomic E-state index is 0. The van der Waals surface area contributed by atoms with Crippen LogP contribution >= 0.6 is 12.4 Å². The smallest absolute Gasteiger partial charge is 0.276 e. The number of amides is 1. The number of fused-ring (bicyclic) bond motifs is 1. The molecule has 0 bridgehead atoms. The molecule has 0 saturated carbocycles.